The maximum absolute atomic E-state index is 12.9. The van der Waals surface area contributed by atoms with Gasteiger partial charge in [0.1, 0.15) is 12.3 Å². The Labute approximate surface area is 152 Å². The van der Waals surface area contributed by atoms with E-state index in [2.05, 4.69) is 4.98 Å². The summed E-state index contributed by atoms with van der Waals surface area (Å²) >= 11 is 0. The summed E-state index contributed by atoms with van der Waals surface area (Å²) in [7, 11) is 1.74. The van der Waals surface area contributed by atoms with Crippen LogP contribution in [0.4, 0.5) is 0 Å². The molecule has 0 unspecified atom stereocenters. The van der Waals surface area contributed by atoms with Crippen molar-refractivity contribution in [1.29, 1.82) is 0 Å². The van der Waals surface area contributed by atoms with E-state index < -0.39 is 0 Å². The van der Waals surface area contributed by atoms with Gasteiger partial charge in [0.25, 0.3) is 5.91 Å². The SMILES string of the molecule is Cc1c(C(=O)N(C)C[C@@H]2COc3ccccc3O2)[nH]c2c1C(=O)CCC2. The van der Waals surface area contributed by atoms with Crippen LogP contribution in [0.15, 0.2) is 24.3 Å². The number of para-hydroxylation sites is 2. The highest BCUT2D eigenvalue weighted by molar-refractivity contribution is 6.04. The summed E-state index contributed by atoms with van der Waals surface area (Å²) in [5.41, 5.74) is 2.86. The molecule has 1 aliphatic carbocycles. The number of Topliss-reactive ketones (excluding diaryl/α,β-unsaturated/α-hetero) is 1. The number of aromatic nitrogens is 1. The van der Waals surface area contributed by atoms with Crippen LogP contribution in [0.5, 0.6) is 11.5 Å². The minimum atomic E-state index is -0.231. The molecule has 4 rings (SSSR count). The number of amides is 1. The van der Waals surface area contributed by atoms with Gasteiger partial charge in [0.2, 0.25) is 0 Å². The van der Waals surface area contributed by atoms with Gasteiger partial charge in [0.05, 0.1) is 6.54 Å². The van der Waals surface area contributed by atoms with Crippen molar-refractivity contribution in [1.82, 2.24) is 9.88 Å². The number of ketones is 1. The van der Waals surface area contributed by atoms with Crippen molar-refractivity contribution in [3.8, 4) is 11.5 Å². The molecular weight excluding hydrogens is 332 g/mol. The van der Waals surface area contributed by atoms with Crippen LogP contribution < -0.4 is 9.47 Å². The van der Waals surface area contributed by atoms with Crippen molar-refractivity contribution in [3.63, 3.8) is 0 Å². The first-order valence-electron chi connectivity index (χ1n) is 8.93. The molecular formula is C20H22N2O4. The summed E-state index contributed by atoms with van der Waals surface area (Å²) in [5.74, 6) is 1.42. The number of hydrogen-bond donors (Lipinski definition) is 1. The van der Waals surface area contributed by atoms with Gasteiger partial charge in [-0.15, -0.1) is 0 Å². The van der Waals surface area contributed by atoms with E-state index in [4.69, 9.17) is 9.47 Å². The van der Waals surface area contributed by atoms with Crippen LogP contribution in [0.25, 0.3) is 0 Å². The topological polar surface area (TPSA) is 71.6 Å². The summed E-state index contributed by atoms with van der Waals surface area (Å²) in [6.45, 7) is 2.65. The van der Waals surface area contributed by atoms with Gasteiger partial charge in [0, 0.05) is 24.7 Å². The van der Waals surface area contributed by atoms with Gasteiger partial charge >= 0.3 is 0 Å². The molecule has 1 N–H and O–H groups in total. The van der Waals surface area contributed by atoms with E-state index >= 15 is 0 Å². The van der Waals surface area contributed by atoms with Gasteiger partial charge in [-0.2, -0.15) is 0 Å². The first-order valence-corrected chi connectivity index (χ1v) is 8.93. The fraction of sp³-hybridized carbons (Fsp3) is 0.400. The zero-order chi connectivity index (χ0) is 18.3. The number of aryl methyl sites for hydroxylation is 1. The first kappa shape index (κ1) is 16.7. The number of nitrogens with zero attached hydrogens (tertiary/aromatic N) is 1. The summed E-state index contributed by atoms with van der Waals surface area (Å²) in [4.78, 5) is 29.9. The van der Waals surface area contributed by atoms with Crippen LogP contribution in [0, 0.1) is 6.92 Å². The van der Waals surface area contributed by atoms with Crippen molar-refractivity contribution in [2.24, 2.45) is 0 Å². The number of carbonyl (C=O) groups excluding carboxylic acids is 2. The largest absolute Gasteiger partial charge is 0.486 e. The van der Waals surface area contributed by atoms with Crippen molar-refractivity contribution < 1.29 is 19.1 Å². The van der Waals surface area contributed by atoms with Gasteiger partial charge in [0.15, 0.2) is 23.4 Å². The van der Waals surface area contributed by atoms with Crippen LogP contribution in [0.1, 0.15) is 44.9 Å². The number of likely N-dealkylation sites (N-methyl/N-ethyl adjacent to an activating group) is 1. The van der Waals surface area contributed by atoms with Gasteiger partial charge in [-0.05, 0) is 37.5 Å². The zero-order valence-corrected chi connectivity index (χ0v) is 15.0. The molecule has 1 amide bonds. The van der Waals surface area contributed by atoms with Crippen molar-refractivity contribution >= 4 is 11.7 Å². The average Bonchev–Trinajstić information content (AvgIpc) is 2.99. The molecule has 26 heavy (non-hydrogen) atoms. The molecule has 6 nitrogen and oxygen atoms in total. The summed E-state index contributed by atoms with van der Waals surface area (Å²) in [6, 6.07) is 7.51. The Morgan fingerprint density at radius 2 is 2.04 bits per heavy atom. The lowest BCUT2D eigenvalue weighted by atomic mass is 9.94. The third kappa shape index (κ3) is 2.85. The Hall–Kier alpha value is -2.76. The number of benzene rings is 1. The molecule has 136 valence electrons. The maximum Gasteiger partial charge on any atom is 0.270 e. The summed E-state index contributed by atoms with van der Waals surface area (Å²) in [5, 5.41) is 0. The predicted molar refractivity (Wildman–Crippen MR) is 96.1 cm³/mol. The van der Waals surface area contributed by atoms with Crippen LogP contribution in [0.3, 0.4) is 0 Å². The van der Waals surface area contributed by atoms with E-state index in [-0.39, 0.29) is 17.8 Å². The van der Waals surface area contributed by atoms with Crippen molar-refractivity contribution in [2.45, 2.75) is 32.3 Å². The molecule has 0 spiro atoms. The van der Waals surface area contributed by atoms with Gasteiger partial charge in [-0.3, -0.25) is 9.59 Å². The van der Waals surface area contributed by atoms with Crippen molar-refractivity contribution in [3.05, 3.63) is 46.8 Å². The molecule has 1 atom stereocenters. The molecule has 1 aromatic heterocycles. The lowest BCUT2D eigenvalue weighted by Gasteiger charge is -2.29. The molecule has 0 bridgehead atoms. The standard InChI is InChI=1S/C20H22N2O4/c1-12-18-14(6-5-7-15(18)23)21-19(12)20(24)22(2)10-13-11-25-16-8-3-4-9-17(16)26-13/h3-4,8-9,13,21H,5-7,10-11H2,1-2H3/t13-/m1/s1. The van der Waals surface area contributed by atoms with Crippen LogP contribution in [0.2, 0.25) is 0 Å². The number of rotatable bonds is 3. The monoisotopic (exact) mass is 354 g/mol. The molecule has 1 aromatic carbocycles. The number of H-pyrrole nitrogens is 1. The molecule has 6 heteroatoms. The van der Waals surface area contributed by atoms with E-state index in [1.165, 1.54) is 0 Å². The maximum atomic E-state index is 12.9. The van der Waals surface area contributed by atoms with E-state index in [1.807, 2.05) is 31.2 Å². The fourth-order valence-electron chi connectivity index (χ4n) is 3.72. The third-order valence-corrected chi connectivity index (χ3v) is 5.04. The van der Waals surface area contributed by atoms with E-state index in [0.717, 1.165) is 29.8 Å². The van der Waals surface area contributed by atoms with Gasteiger partial charge < -0.3 is 19.4 Å². The van der Waals surface area contributed by atoms with E-state index in [9.17, 15) is 9.59 Å². The molecule has 0 saturated heterocycles. The first-order chi connectivity index (χ1) is 12.5. The number of fused-ring (bicyclic) bond motifs is 2. The Balaban J connectivity index is 1.48. The highest BCUT2D eigenvalue weighted by atomic mass is 16.6. The lowest BCUT2D eigenvalue weighted by molar-refractivity contribution is 0.0517. The number of carbonyl (C=O) groups is 2. The van der Waals surface area contributed by atoms with Gasteiger partial charge in [-0.25, -0.2) is 0 Å². The number of aromatic amines is 1. The predicted octanol–water partition coefficient (Wildman–Crippen LogP) is 2.75. The van der Waals surface area contributed by atoms with E-state index in [0.29, 0.717) is 36.6 Å². The Bertz CT molecular complexity index is 871. The summed E-state index contributed by atoms with van der Waals surface area (Å²) < 4.78 is 11.6. The van der Waals surface area contributed by atoms with Crippen LogP contribution >= 0.6 is 0 Å². The summed E-state index contributed by atoms with van der Waals surface area (Å²) in [6.07, 6.45) is 1.98. The quantitative estimate of drug-likeness (QED) is 0.920. The fourth-order valence-corrected chi connectivity index (χ4v) is 3.72. The molecule has 0 saturated carbocycles. The number of nitrogens with one attached hydrogen (secondary N) is 1. The number of hydrogen-bond acceptors (Lipinski definition) is 4. The normalized spacial score (nSPS) is 18.4. The average molecular weight is 354 g/mol. The Morgan fingerprint density at radius 1 is 1.27 bits per heavy atom. The Kier molecular flexibility index (Phi) is 4.18. The molecule has 0 fully saturated rings. The molecule has 0 radical (unpaired) electrons. The molecule has 2 aliphatic rings. The van der Waals surface area contributed by atoms with Crippen molar-refractivity contribution in [2.75, 3.05) is 20.2 Å². The second-order valence-electron chi connectivity index (χ2n) is 6.94. The molecule has 2 heterocycles. The minimum absolute atomic E-state index is 0.127. The minimum Gasteiger partial charge on any atom is -0.486 e. The highest BCUT2D eigenvalue weighted by Gasteiger charge is 2.29. The zero-order valence-electron chi connectivity index (χ0n) is 15.0. The highest BCUT2D eigenvalue weighted by Crippen LogP contribution is 2.31. The smallest absolute Gasteiger partial charge is 0.270 e. The van der Waals surface area contributed by atoms with Crippen LogP contribution in [-0.2, 0) is 6.42 Å². The van der Waals surface area contributed by atoms with Crippen LogP contribution in [-0.4, -0.2) is 47.9 Å². The molecule has 1 aliphatic heterocycles. The Morgan fingerprint density at radius 3 is 2.81 bits per heavy atom. The third-order valence-electron chi connectivity index (χ3n) is 5.04. The van der Waals surface area contributed by atoms with E-state index in [1.54, 1.807) is 11.9 Å². The number of ether oxygens (including phenoxy) is 2. The van der Waals surface area contributed by atoms with Gasteiger partial charge in [-0.1, -0.05) is 12.1 Å². The second kappa shape index (κ2) is 6.52. The lowest BCUT2D eigenvalue weighted by Crippen LogP contribution is -2.42. The second-order valence-corrected chi connectivity index (χ2v) is 6.94. The molecule has 2 aromatic rings.